The van der Waals surface area contributed by atoms with E-state index in [1.165, 1.54) is 0 Å². The van der Waals surface area contributed by atoms with Gasteiger partial charge in [-0.25, -0.2) is 0 Å². The van der Waals surface area contributed by atoms with E-state index in [4.69, 9.17) is 4.74 Å². The Morgan fingerprint density at radius 1 is 1.58 bits per heavy atom. The molecule has 2 aliphatic rings. The summed E-state index contributed by atoms with van der Waals surface area (Å²) in [5.41, 5.74) is 0. The Morgan fingerprint density at radius 3 is 3.00 bits per heavy atom. The van der Waals surface area contributed by atoms with Gasteiger partial charge in [-0.2, -0.15) is 0 Å². The standard InChI is InChI=1S/C13H23N3O3/c1-15(11-3-4-14-8-11)13(18)10-7-12(17)16(9-10)5-6-19-2/h10-11,14H,3-9H2,1-2H3/t10-,11-/m1/s1. The molecule has 2 aliphatic heterocycles. The van der Waals surface area contributed by atoms with Crippen LogP contribution in [0.3, 0.4) is 0 Å². The Labute approximate surface area is 114 Å². The van der Waals surface area contributed by atoms with E-state index in [1.54, 1.807) is 12.0 Å². The molecule has 0 aliphatic carbocycles. The van der Waals surface area contributed by atoms with Crippen molar-refractivity contribution in [3.8, 4) is 0 Å². The number of nitrogens with one attached hydrogen (secondary N) is 1. The fourth-order valence-electron chi connectivity index (χ4n) is 2.79. The molecule has 0 aromatic heterocycles. The van der Waals surface area contributed by atoms with Gasteiger partial charge in [0.25, 0.3) is 0 Å². The van der Waals surface area contributed by atoms with Gasteiger partial charge in [0.1, 0.15) is 0 Å². The molecule has 2 fully saturated rings. The fraction of sp³-hybridized carbons (Fsp3) is 0.846. The molecule has 2 amide bonds. The molecule has 108 valence electrons. The van der Waals surface area contributed by atoms with E-state index in [2.05, 4.69) is 5.32 Å². The molecular weight excluding hydrogens is 246 g/mol. The van der Waals surface area contributed by atoms with Crippen molar-refractivity contribution in [2.24, 2.45) is 5.92 Å². The summed E-state index contributed by atoms with van der Waals surface area (Å²) in [7, 11) is 3.46. The van der Waals surface area contributed by atoms with Gasteiger partial charge in [0.2, 0.25) is 11.8 Å². The zero-order chi connectivity index (χ0) is 13.8. The number of methoxy groups -OCH3 is 1. The van der Waals surface area contributed by atoms with Gasteiger partial charge < -0.3 is 19.9 Å². The van der Waals surface area contributed by atoms with Crippen LogP contribution in [0.1, 0.15) is 12.8 Å². The van der Waals surface area contributed by atoms with Crippen molar-refractivity contribution in [3.05, 3.63) is 0 Å². The molecule has 0 unspecified atom stereocenters. The number of amides is 2. The lowest BCUT2D eigenvalue weighted by molar-refractivity contribution is -0.136. The van der Waals surface area contributed by atoms with E-state index in [0.29, 0.717) is 26.1 Å². The van der Waals surface area contributed by atoms with Gasteiger partial charge in [-0.1, -0.05) is 0 Å². The molecule has 0 aromatic carbocycles. The van der Waals surface area contributed by atoms with Crippen LogP contribution in [0, 0.1) is 5.92 Å². The van der Waals surface area contributed by atoms with Crippen molar-refractivity contribution in [1.82, 2.24) is 15.1 Å². The number of hydrogen-bond donors (Lipinski definition) is 1. The number of likely N-dealkylation sites (N-methyl/N-ethyl adjacent to an activating group) is 1. The summed E-state index contributed by atoms with van der Waals surface area (Å²) in [5, 5.41) is 3.26. The van der Waals surface area contributed by atoms with Crippen molar-refractivity contribution in [1.29, 1.82) is 0 Å². The molecular formula is C13H23N3O3. The smallest absolute Gasteiger partial charge is 0.228 e. The first-order valence-corrected chi connectivity index (χ1v) is 6.87. The van der Waals surface area contributed by atoms with Gasteiger partial charge in [-0.3, -0.25) is 9.59 Å². The van der Waals surface area contributed by atoms with E-state index in [1.807, 2.05) is 11.9 Å². The average molecular weight is 269 g/mol. The summed E-state index contributed by atoms with van der Waals surface area (Å²) >= 11 is 0. The molecule has 0 bridgehead atoms. The first-order valence-electron chi connectivity index (χ1n) is 6.87. The van der Waals surface area contributed by atoms with Crippen molar-refractivity contribution in [2.45, 2.75) is 18.9 Å². The lowest BCUT2D eigenvalue weighted by atomic mass is 10.1. The topological polar surface area (TPSA) is 61.9 Å². The average Bonchev–Trinajstić information content (AvgIpc) is 3.04. The number of ether oxygens (including phenoxy) is 1. The van der Waals surface area contributed by atoms with Crippen LogP contribution in [0.5, 0.6) is 0 Å². The van der Waals surface area contributed by atoms with Gasteiger partial charge in [0.15, 0.2) is 0 Å². The second kappa shape index (κ2) is 6.34. The molecule has 0 spiro atoms. The number of carbonyl (C=O) groups excluding carboxylic acids is 2. The molecule has 2 heterocycles. The van der Waals surface area contributed by atoms with Gasteiger partial charge in [0, 0.05) is 46.3 Å². The summed E-state index contributed by atoms with van der Waals surface area (Å²) in [6.07, 6.45) is 1.34. The third-order valence-electron chi connectivity index (χ3n) is 4.06. The summed E-state index contributed by atoms with van der Waals surface area (Å²) < 4.78 is 4.98. The highest BCUT2D eigenvalue weighted by molar-refractivity contribution is 5.89. The van der Waals surface area contributed by atoms with Crippen LogP contribution < -0.4 is 5.32 Å². The summed E-state index contributed by atoms with van der Waals surface area (Å²) in [4.78, 5) is 27.8. The van der Waals surface area contributed by atoms with Crippen LogP contribution in [0.15, 0.2) is 0 Å². The van der Waals surface area contributed by atoms with Crippen molar-refractivity contribution >= 4 is 11.8 Å². The lowest BCUT2D eigenvalue weighted by Crippen LogP contribution is -2.42. The highest BCUT2D eigenvalue weighted by atomic mass is 16.5. The van der Waals surface area contributed by atoms with Crippen molar-refractivity contribution < 1.29 is 14.3 Å². The van der Waals surface area contributed by atoms with Crippen molar-refractivity contribution in [3.63, 3.8) is 0 Å². The minimum atomic E-state index is -0.185. The predicted octanol–water partition coefficient (Wildman–Crippen LogP) is -0.698. The van der Waals surface area contributed by atoms with Gasteiger partial charge in [-0.05, 0) is 13.0 Å². The number of likely N-dealkylation sites (tertiary alicyclic amines) is 1. The Hall–Kier alpha value is -1.14. The van der Waals surface area contributed by atoms with Crippen molar-refractivity contribution in [2.75, 3.05) is 46.9 Å². The Bertz CT molecular complexity index is 342. The first kappa shape index (κ1) is 14.3. The van der Waals surface area contributed by atoms with E-state index in [9.17, 15) is 9.59 Å². The third kappa shape index (κ3) is 3.25. The summed E-state index contributed by atoms with van der Waals surface area (Å²) in [5.74, 6) is -0.0229. The zero-order valence-corrected chi connectivity index (χ0v) is 11.7. The molecule has 6 heteroatoms. The number of nitrogens with zero attached hydrogens (tertiary/aromatic N) is 2. The van der Waals surface area contributed by atoms with Crippen LogP contribution in [0.2, 0.25) is 0 Å². The van der Waals surface area contributed by atoms with E-state index in [0.717, 1.165) is 19.5 Å². The monoisotopic (exact) mass is 269 g/mol. The quantitative estimate of drug-likeness (QED) is 0.717. The summed E-state index contributed by atoms with van der Waals surface area (Å²) in [6, 6.07) is 0.274. The number of carbonyl (C=O) groups is 2. The first-order chi connectivity index (χ1) is 9.13. The largest absolute Gasteiger partial charge is 0.383 e. The highest BCUT2D eigenvalue weighted by Crippen LogP contribution is 2.21. The molecule has 0 aromatic rings. The minimum absolute atomic E-state index is 0.0633. The highest BCUT2D eigenvalue weighted by Gasteiger charge is 2.37. The van der Waals surface area contributed by atoms with Gasteiger partial charge in [-0.15, -0.1) is 0 Å². The molecule has 19 heavy (non-hydrogen) atoms. The molecule has 2 rings (SSSR count). The lowest BCUT2D eigenvalue weighted by Gasteiger charge is -2.26. The third-order valence-corrected chi connectivity index (χ3v) is 4.06. The van der Waals surface area contributed by atoms with Crippen LogP contribution in [0.25, 0.3) is 0 Å². The maximum Gasteiger partial charge on any atom is 0.228 e. The van der Waals surface area contributed by atoms with E-state index < -0.39 is 0 Å². The number of hydrogen-bond acceptors (Lipinski definition) is 4. The molecule has 0 radical (unpaired) electrons. The van der Waals surface area contributed by atoms with Crippen LogP contribution in [-0.4, -0.2) is 74.6 Å². The van der Waals surface area contributed by atoms with Crippen LogP contribution in [-0.2, 0) is 14.3 Å². The molecule has 1 N–H and O–H groups in total. The minimum Gasteiger partial charge on any atom is -0.383 e. The molecule has 2 atom stereocenters. The second-order valence-corrected chi connectivity index (χ2v) is 5.33. The zero-order valence-electron chi connectivity index (χ0n) is 11.7. The maximum atomic E-state index is 12.4. The normalized spacial score (nSPS) is 27.1. The Kier molecular flexibility index (Phi) is 4.76. The fourth-order valence-corrected chi connectivity index (χ4v) is 2.79. The maximum absolute atomic E-state index is 12.4. The van der Waals surface area contributed by atoms with E-state index >= 15 is 0 Å². The SMILES string of the molecule is COCCN1C[C@H](C(=O)N(C)[C@@H]2CCNC2)CC1=O. The molecule has 2 saturated heterocycles. The second-order valence-electron chi connectivity index (χ2n) is 5.33. The van der Waals surface area contributed by atoms with Crippen LogP contribution in [0.4, 0.5) is 0 Å². The van der Waals surface area contributed by atoms with Gasteiger partial charge in [0.05, 0.1) is 12.5 Å². The van der Waals surface area contributed by atoms with Crippen LogP contribution >= 0.6 is 0 Å². The van der Waals surface area contributed by atoms with E-state index in [-0.39, 0.29) is 23.8 Å². The van der Waals surface area contributed by atoms with Gasteiger partial charge >= 0.3 is 0 Å². The predicted molar refractivity (Wildman–Crippen MR) is 70.6 cm³/mol. The summed E-state index contributed by atoms with van der Waals surface area (Å²) in [6.45, 7) is 3.45. The molecule has 6 nitrogen and oxygen atoms in total. The molecule has 0 saturated carbocycles. The number of rotatable bonds is 5. The Morgan fingerprint density at radius 2 is 2.37 bits per heavy atom. The Balaban J connectivity index is 1.88.